The number of anilines is 1. The molecule has 3 aromatic rings. The zero-order valence-corrected chi connectivity index (χ0v) is 12.5. The first kappa shape index (κ1) is 15.0. The predicted octanol–water partition coefficient (Wildman–Crippen LogP) is 2.95. The van der Waals surface area contributed by atoms with Crippen LogP contribution in [0, 0.1) is 0 Å². The summed E-state index contributed by atoms with van der Waals surface area (Å²) < 4.78 is 0. The largest absolute Gasteiger partial charge is 0.507 e. The standard InChI is InChI=1S/C18H17N3O2/c22-12-14-6-3-5-13(17(14)23)11-21-18-15(7-4-10-20-18)16-8-1-2-9-19-16/h1-10,22-23H,11-12H2,(H,20,21). The van der Waals surface area contributed by atoms with Crippen molar-refractivity contribution < 1.29 is 10.2 Å². The van der Waals surface area contributed by atoms with Crippen molar-refractivity contribution in [2.75, 3.05) is 5.32 Å². The van der Waals surface area contributed by atoms with Crippen LogP contribution >= 0.6 is 0 Å². The zero-order chi connectivity index (χ0) is 16.1. The number of nitrogens with one attached hydrogen (secondary N) is 1. The minimum Gasteiger partial charge on any atom is -0.507 e. The van der Waals surface area contributed by atoms with Crippen molar-refractivity contribution in [3.63, 3.8) is 0 Å². The zero-order valence-electron chi connectivity index (χ0n) is 12.5. The van der Waals surface area contributed by atoms with Crippen molar-refractivity contribution in [3.8, 4) is 17.0 Å². The molecule has 0 saturated carbocycles. The van der Waals surface area contributed by atoms with Crippen LogP contribution in [0.15, 0.2) is 60.9 Å². The Labute approximate surface area is 134 Å². The number of aliphatic hydroxyl groups excluding tert-OH is 1. The Morgan fingerprint density at radius 1 is 0.870 bits per heavy atom. The molecule has 5 heteroatoms. The molecule has 0 amide bonds. The summed E-state index contributed by atoms with van der Waals surface area (Å²) in [6.45, 7) is 0.207. The molecule has 0 saturated heterocycles. The number of aromatic hydroxyl groups is 1. The predicted molar refractivity (Wildman–Crippen MR) is 88.8 cm³/mol. The van der Waals surface area contributed by atoms with E-state index < -0.39 is 0 Å². The summed E-state index contributed by atoms with van der Waals surface area (Å²) in [5, 5.41) is 22.6. The highest BCUT2D eigenvalue weighted by molar-refractivity contribution is 5.72. The summed E-state index contributed by atoms with van der Waals surface area (Å²) in [6, 6.07) is 14.8. The van der Waals surface area contributed by atoms with Gasteiger partial charge in [0, 0.05) is 35.6 Å². The van der Waals surface area contributed by atoms with E-state index in [0.717, 1.165) is 11.3 Å². The molecule has 0 spiro atoms. The molecule has 3 rings (SSSR count). The third kappa shape index (κ3) is 3.30. The molecule has 2 aromatic heterocycles. The Balaban J connectivity index is 1.85. The minimum absolute atomic E-state index is 0.109. The fraction of sp³-hybridized carbons (Fsp3) is 0.111. The summed E-state index contributed by atoms with van der Waals surface area (Å²) in [5.41, 5.74) is 2.94. The van der Waals surface area contributed by atoms with Crippen LogP contribution in [-0.2, 0) is 13.2 Å². The van der Waals surface area contributed by atoms with Crippen LogP contribution in [0.3, 0.4) is 0 Å². The Morgan fingerprint density at radius 2 is 1.70 bits per heavy atom. The molecule has 0 radical (unpaired) electrons. The first-order valence-corrected chi connectivity index (χ1v) is 7.30. The second-order valence-corrected chi connectivity index (χ2v) is 5.05. The van der Waals surface area contributed by atoms with Gasteiger partial charge in [-0.25, -0.2) is 4.98 Å². The quantitative estimate of drug-likeness (QED) is 0.675. The summed E-state index contributed by atoms with van der Waals surface area (Å²) in [4.78, 5) is 8.71. The second-order valence-electron chi connectivity index (χ2n) is 5.05. The highest BCUT2D eigenvalue weighted by Gasteiger charge is 2.09. The van der Waals surface area contributed by atoms with E-state index in [0.29, 0.717) is 23.5 Å². The molecule has 0 aliphatic rings. The molecular weight excluding hydrogens is 290 g/mol. The van der Waals surface area contributed by atoms with Gasteiger partial charge in [0.2, 0.25) is 0 Å². The topological polar surface area (TPSA) is 78.3 Å². The number of benzene rings is 1. The van der Waals surface area contributed by atoms with E-state index >= 15 is 0 Å². The first-order chi connectivity index (χ1) is 11.3. The van der Waals surface area contributed by atoms with Gasteiger partial charge in [-0.15, -0.1) is 0 Å². The molecule has 0 atom stereocenters. The minimum atomic E-state index is -0.192. The van der Waals surface area contributed by atoms with Crippen molar-refractivity contribution in [2.45, 2.75) is 13.2 Å². The van der Waals surface area contributed by atoms with Crippen molar-refractivity contribution in [1.29, 1.82) is 0 Å². The second kappa shape index (κ2) is 6.89. The highest BCUT2D eigenvalue weighted by Crippen LogP contribution is 2.26. The van der Waals surface area contributed by atoms with Crippen molar-refractivity contribution in [3.05, 3.63) is 72.1 Å². The van der Waals surface area contributed by atoms with E-state index in [1.807, 2.05) is 36.4 Å². The fourth-order valence-corrected chi connectivity index (χ4v) is 2.37. The van der Waals surface area contributed by atoms with Gasteiger partial charge in [-0.2, -0.15) is 0 Å². The van der Waals surface area contributed by atoms with Gasteiger partial charge in [-0.3, -0.25) is 4.98 Å². The van der Waals surface area contributed by atoms with E-state index in [1.165, 1.54) is 0 Å². The number of aliphatic hydroxyl groups is 1. The highest BCUT2D eigenvalue weighted by atomic mass is 16.3. The normalized spacial score (nSPS) is 10.5. The lowest BCUT2D eigenvalue weighted by molar-refractivity contribution is 0.275. The van der Waals surface area contributed by atoms with Gasteiger partial charge < -0.3 is 15.5 Å². The van der Waals surface area contributed by atoms with Crippen LogP contribution < -0.4 is 5.32 Å². The van der Waals surface area contributed by atoms with Crippen molar-refractivity contribution >= 4 is 5.82 Å². The number of rotatable bonds is 5. The number of pyridine rings is 2. The smallest absolute Gasteiger partial charge is 0.135 e. The molecule has 3 N–H and O–H groups in total. The Kier molecular flexibility index (Phi) is 4.49. The maximum atomic E-state index is 10.1. The molecule has 0 aliphatic carbocycles. The van der Waals surface area contributed by atoms with Crippen molar-refractivity contribution in [1.82, 2.24) is 9.97 Å². The van der Waals surface area contributed by atoms with E-state index in [4.69, 9.17) is 0 Å². The first-order valence-electron chi connectivity index (χ1n) is 7.30. The Hall–Kier alpha value is -2.92. The molecule has 2 heterocycles. The third-order valence-corrected chi connectivity index (χ3v) is 3.57. The van der Waals surface area contributed by atoms with Crippen molar-refractivity contribution in [2.24, 2.45) is 0 Å². The SMILES string of the molecule is OCc1cccc(CNc2ncccc2-c2ccccn2)c1O. The Morgan fingerprint density at radius 3 is 2.48 bits per heavy atom. The van der Waals surface area contributed by atoms with Gasteiger partial charge in [0.05, 0.1) is 12.3 Å². The monoisotopic (exact) mass is 307 g/mol. The number of para-hydroxylation sites is 1. The average Bonchev–Trinajstić information content (AvgIpc) is 2.62. The van der Waals surface area contributed by atoms with E-state index in [9.17, 15) is 10.2 Å². The van der Waals surface area contributed by atoms with Gasteiger partial charge in [0.25, 0.3) is 0 Å². The number of hydrogen-bond donors (Lipinski definition) is 3. The van der Waals surface area contributed by atoms with Crippen LogP contribution in [-0.4, -0.2) is 20.2 Å². The summed E-state index contributed by atoms with van der Waals surface area (Å²) in [7, 11) is 0. The lowest BCUT2D eigenvalue weighted by Crippen LogP contribution is -2.04. The molecule has 1 aromatic carbocycles. The molecule has 116 valence electrons. The van der Waals surface area contributed by atoms with Crippen LogP contribution in [0.1, 0.15) is 11.1 Å². The van der Waals surface area contributed by atoms with Gasteiger partial charge in [-0.05, 0) is 24.3 Å². The maximum absolute atomic E-state index is 10.1. The molecule has 23 heavy (non-hydrogen) atoms. The fourth-order valence-electron chi connectivity index (χ4n) is 2.37. The number of nitrogens with zero attached hydrogens (tertiary/aromatic N) is 2. The number of aromatic nitrogens is 2. The Bertz CT molecular complexity index is 791. The van der Waals surface area contributed by atoms with Crippen LogP contribution in [0.5, 0.6) is 5.75 Å². The lowest BCUT2D eigenvalue weighted by atomic mass is 10.1. The molecule has 5 nitrogen and oxygen atoms in total. The summed E-state index contributed by atoms with van der Waals surface area (Å²) in [6.07, 6.45) is 3.45. The van der Waals surface area contributed by atoms with Gasteiger partial charge in [0.1, 0.15) is 11.6 Å². The average molecular weight is 307 g/mol. The molecule has 0 aliphatic heterocycles. The van der Waals surface area contributed by atoms with Crippen LogP contribution in [0.25, 0.3) is 11.3 Å². The number of phenols is 1. The maximum Gasteiger partial charge on any atom is 0.135 e. The van der Waals surface area contributed by atoms with Gasteiger partial charge in [0.15, 0.2) is 0 Å². The van der Waals surface area contributed by atoms with E-state index in [2.05, 4.69) is 15.3 Å². The summed E-state index contributed by atoms with van der Waals surface area (Å²) >= 11 is 0. The van der Waals surface area contributed by atoms with E-state index in [1.54, 1.807) is 24.5 Å². The summed E-state index contributed by atoms with van der Waals surface area (Å²) in [5.74, 6) is 0.804. The van der Waals surface area contributed by atoms with Crippen LogP contribution in [0.4, 0.5) is 5.82 Å². The molecule has 0 bridgehead atoms. The van der Waals surface area contributed by atoms with Gasteiger partial charge >= 0.3 is 0 Å². The third-order valence-electron chi connectivity index (χ3n) is 3.57. The van der Waals surface area contributed by atoms with Crippen LogP contribution in [0.2, 0.25) is 0 Å². The van der Waals surface area contributed by atoms with E-state index in [-0.39, 0.29) is 12.4 Å². The lowest BCUT2D eigenvalue weighted by Gasteiger charge is -2.12. The molecule has 0 fully saturated rings. The molecular formula is C18H17N3O2. The molecule has 0 unspecified atom stereocenters. The van der Waals surface area contributed by atoms with Gasteiger partial charge in [-0.1, -0.05) is 24.3 Å². The number of hydrogen-bond acceptors (Lipinski definition) is 5.